The summed E-state index contributed by atoms with van der Waals surface area (Å²) in [6.45, 7) is 11.1. The number of nitrogens with one attached hydrogen (secondary N) is 3. The number of hydrogen-bond acceptors (Lipinski definition) is 7. The van der Waals surface area contributed by atoms with Gasteiger partial charge in [-0.05, 0) is 29.8 Å². The van der Waals surface area contributed by atoms with E-state index in [0.29, 0.717) is 50.8 Å². The van der Waals surface area contributed by atoms with Crippen molar-refractivity contribution >= 4 is 28.7 Å². The monoisotopic (exact) mass is 557 g/mol. The number of benzene rings is 2. The number of imidazole rings is 1. The minimum atomic E-state index is -0.582. The number of para-hydroxylation sites is 1. The normalized spacial score (nSPS) is 11.1. The summed E-state index contributed by atoms with van der Waals surface area (Å²) in [5.41, 5.74) is 3.61. The molecule has 3 heterocycles. The van der Waals surface area contributed by atoms with Crippen molar-refractivity contribution in [3.05, 3.63) is 77.8 Å². The number of H-pyrrole nitrogens is 1. The zero-order chi connectivity index (χ0) is 29.7. The van der Waals surface area contributed by atoms with E-state index in [1.165, 1.54) is 13.0 Å². The first kappa shape index (κ1) is 29.1. The summed E-state index contributed by atoms with van der Waals surface area (Å²) < 4.78 is 20.2. The molecule has 2 aromatic carbocycles. The number of carbonyl (C=O) groups excluding carboxylic acids is 2. The van der Waals surface area contributed by atoms with Crippen molar-refractivity contribution < 1.29 is 18.5 Å². The van der Waals surface area contributed by atoms with E-state index < -0.39 is 11.7 Å². The Morgan fingerprint density at radius 2 is 1.78 bits per heavy atom. The van der Waals surface area contributed by atoms with Crippen LogP contribution in [0, 0.1) is 5.82 Å². The zero-order valence-electron chi connectivity index (χ0n) is 23.8. The van der Waals surface area contributed by atoms with Gasteiger partial charge >= 0.3 is 11.8 Å². The molecule has 5 aromatic rings. The lowest BCUT2D eigenvalue weighted by Gasteiger charge is -2.10. The summed E-state index contributed by atoms with van der Waals surface area (Å²) in [5, 5.41) is 9.26. The van der Waals surface area contributed by atoms with Crippen LogP contribution < -0.4 is 10.6 Å². The van der Waals surface area contributed by atoms with Gasteiger partial charge in [0.15, 0.2) is 11.5 Å². The number of fused-ring (bicyclic) bond motifs is 1. The van der Waals surface area contributed by atoms with Crippen LogP contribution >= 0.6 is 0 Å². The van der Waals surface area contributed by atoms with Gasteiger partial charge in [0.25, 0.3) is 0 Å². The molecule has 3 aromatic heterocycles. The second-order valence-corrected chi connectivity index (χ2v) is 10.0. The summed E-state index contributed by atoms with van der Waals surface area (Å²) in [5.74, 6) is -0.518. The molecular weight excluding hydrogens is 525 g/mol. The molecule has 0 unspecified atom stereocenters. The predicted octanol–water partition coefficient (Wildman–Crippen LogP) is 6.03. The number of nitrogens with zero attached hydrogens (tertiary/aromatic N) is 4. The number of rotatable bonds is 6. The highest BCUT2D eigenvalue weighted by molar-refractivity contribution is 5.96. The highest BCUT2D eigenvalue weighted by atomic mass is 19.1. The third-order valence-corrected chi connectivity index (χ3v) is 5.98. The Balaban J connectivity index is 0.00000189. The summed E-state index contributed by atoms with van der Waals surface area (Å²) in [4.78, 5) is 40.4. The van der Waals surface area contributed by atoms with Gasteiger partial charge < -0.3 is 20.1 Å². The molecule has 0 radical (unpaired) electrons. The van der Waals surface area contributed by atoms with Crippen molar-refractivity contribution in [2.24, 2.45) is 0 Å². The minimum absolute atomic E-state index is 0.0575. The molecule has 0 aliphatic carbocycles. The van der Waals surface area contributed by atoms with Gasteiger partial charge in [0.05, 0.1) is 11.2 Å². The summed E-state index contributed by atoms with van der Waals surface area (Å²) in [7, 11) is 0. The second-order valence-electron chi connectivity index (χ2n) is 10.0. The highest BCUT2D eigenvalue weighted by Gasteiger charge is 2.24. The maximum absolute atomic E-state index is 15.1. The van der Waals surface area contributed by atoms with Gasteiger partial charge in [0.1, 0.15) is 11.6 Å². The Hall–Kier alpha value is -4.93. The molecule has 0 atom stereocenters. The molecule has 11 heteroatoms. The van der Waals surface area contributed by atoms with Crippen molar-refractivity contribution in [2.75, 3.05) is 5.32 Å². The fraction of sp³-hybridized carbons (Fsp3) is 0.267. The highest BCUT2D eigenvalue weighted by Crippen LogP contribution is 2.32. The van der Waals surface area contributed by atoms with E-state index in [1.54, 1.807) is 30.5 Å². The summed E-state index contributed by atoms with van der Waals surface area (Å²) >= 11 is 0. The molecule has 3 N–H and O–H groups in total. The van der Waals surface area contributed by atoms with Crippen LogP contribution in [-0.4, -0.2) is 36.9 Å². The van der Waals surface area contributed by atoms with Gasteiger partial charge in [-0.15, -0.1) is 0 Å². The molecule has 0 fully saturated rings. The van der Waals surface area contributed by atoms with Crippen molar-refractivity contribution in [3.63, 3.8) is 0 Å². The van der Waals surface area contributed by atoms with Gasteiger partial charge in [-0.2, -0.15) is 4.98 Å². The maximum Gasteiger partial charge on any atom is 0.315 e. The molecule has 5 rings (SSSR count). The van der Waals surface area contributed by atoms with Crippen LogP contribution in [0.3, 0.4) is 0 Å². The van der Waals surface area contributed by atoms with Crippen molar-refractivity contribution in [2.45, 2.75) is 53.5 Å². The lowest BCUT2D eigenvalue weighted by molar-refractivity contribution is -0.114. The van der Waals surface area contributed by atoms with E-state index >= 15 is 4.39 Å². The maximum atomic E-state index is 15.1. The van der Waals surface area contributed by atoms with Gasteiger partial charge in [-0.25, -0.2) is 14.4 Å². The molecule has 10 nitrogen and oxygen atoms in total. The second kappa shape index (κ2) is 12.1. The number of anilines is 1. The standard InChI is InChI=1S/C28H26FN7O3.C2H6/c1-15(37)32-21-8-6-5-7-19(21)23-33-22-18(11-12-30-24(22)34-23)16-9-10-17(20(29)13-16)14-31-25(38)26-35-27(36-39-26)28(2,3)4;1-2/h5-13H,14H2,1-4H3,(H,31,38)(H,32,37)(H,30,33,34);1-2H3. The Labute approximate surface area is 236 Å². The molecular formula is C30H32FN7O3. The first-order valence-electron chi connectivity index (χ1n) is 13.2. The third-order valence-electron chi connectivity index (χ3n) is 5.98. The summed E-state index contributed by atoms with van der Waals surface area (Å²) in [6.07, 6.45) is 1.60. The van der Waals surface area contributed by atoms with Crippen LogP contribution in [0.4, 0.5) is 10.1 Å². The average molecular weight is 558 g/mol. The number of amides is 2. The number of aromatic amines is 1. The number of halogens is 1. The zero-order valence-corrected chi connectivity index (χ0v) is 23.8. The number of hydrogen-bond donors (Lipinski definition) is 3. The van der Waals surface area contributed by atoms with E-state index in [-0.39, 0.29) is 23.8 Å². The molecule has 0 saturated heterocycles. The minimum Gasteiger partial charge on any atom is -0.344 e. The third kappa shape index (κ3) is 6.46. The molecule has 0 bridgehead atoms. The Kier molecular flexibility index (Phi) is 8.56. The fourth-order valence-corrected chi connectivity index (χ4v) is 4.00. The van der Waals surface area contributed by atoms with Crippen molar-refractivity contribution in [3.8, 4) is 22.5 Å². The molecule has 0 aliphatic rings. The van der Waals surface area contributed by atoms with Crippen molar-refractivity contribution in [1.29, 1.82) is 0 Å². The number of carbonyl (C=O) groups is 2. The quantitative estimate of drug-likeness (QED) is 0.232. The van der Waals surface area contributed by atoms with Crippen LogP contribution in [0.1, 0.15) is 63.6 Å². The number of pyridine rings is 1. The summed E-state index contributed by atoms with van der Waals surface area (Å²) in [6, 6.07) is 13.8. The van der Waals surface area contributed by atoms with Crippen LogP contribution in [-0.2, 0) is 16.8 Å². The van der Waals surface area contributed by atoms with E-state index in [2.05, 4.69) is 35.7 Å². The Morgan fingerprint density at radius 3 is 2.46 bits per heavy atom. The van der Waals surface area contributed by atoms with Gasteiger partial charge in [0, 0.05) is 41.8 Å². The number of aromatic nitrogens is 5. The predicted molar refractivity (Wildman–Crippen MR) is 155 cm³/mol. The van der Waals surface area contributed by atoms with Gasteiger partial charge in [-0.3, -0.25) is 9.59 Å². The molecule has 0 saturated carbocycles. The Morgan fingerprint density at radius 1 is 1.02 bits per heavy atom. The molecule has 2 amide bonds. The lowest BCUT2D eigenvalue weighted by atomic mass is 9.96. The molecule has 0 spiro atoms. The first-order chi connectivity index (χ1) is 19.6. The van der Waals surface area contributed by atoms with E-state index in [9.17, 15) is 9.59 Å². The first-order valence-corrected chi connectivity index (χ1v) is 13.2. The average Bonchev–Trinajstić information content (AvgIpc) is 3.61. The molecule has 41 heavy (non-hydrogen) atoms. The van der Waals surface area contributed by atoms with Gasteiger partial charge in [-0.1, -0.05) is 64.0 Å². The smallest absolute Gasteiger partial charge is 0.315 e. The van der Waals surface area contributed by atoms with E-state index in [4.69, 9.17) is 4.52 Å². The Bertz CT molecular complexity index is 1700. The molecule has 0 aliphatic heterocycles. The van der Waals surface area contributed by atoms with E-state index in [0.717, 1.165) is 0 Å². The largest absolute Gasteiger partial charge is 0.344 e. The van der Waals surface area contributed by atoms with Crippen LogP contribution in [0.25, 0.3) is 33.7 Å². The van der Waals surface area contributed by atoms with Crippen LogP contribution in [0.5, 0.6) is 0 Å². The van der Waals surface area contributed by atoms with Crippen LogP contribution in [0.15, 0.2) is 59.3 Å². The lowest BCUT2D eigenvalue weighted by Crippen LogP contribution is -2.24. The topological polar surface area (TPSA) is 139 Å². The van der Waals surface area contributed by atoms with Gasteiger partial charge in [0.2, 0.25) is 5.91 Å². The SMILES string of the molecule is CC.CC(=O)Nc1ccccc1-c1nc2nccc(-c3ccc(CNC(=O)c4nc(C(C)(C)C)no4)c(F)c3)c2[nH]1. The fourth-order valence-electron chi connectivity index (χ4n) is 4.00. The van der Waals surface area contributed by atoms with Crippen molar-refractivity contribution in [1.82, 2.24) is 30.4 Å². The van der Waals surface area contributed by atoms with Crippen LogP contribution in [0.2, 0.25) is 0 Å². The van der Waals surface area contributed by atoms with E-state index in [1.807, 2.05) is 52.8 Å². The molecule has 212 valence electrons.